The van der Waals surface area contributed by atoms with E-state index in [4.69, 9.17) is 22.1 Å². The molecule has 0 spiro atoms. The number of carbonyl (C=O) groups is 2. The number of sulfonamides is 1. The molecule has 3 atom stereocenters. The Morgan fingerprint density at radius 1 is 0.941 bits per heavy atom. The molecule has 7 rings (SSSR count). The predicted molar refractivity (Wildman–Crippen MR) is 202 cm³/mol. The van der Waals surface area contributed by atoms with E-state index in [1.54, 1.807) is 48.5 Å². The Morgan fingerprint density at radius 2 is 1.59 bits per heavy atom. The van der Waals surface area contributed by atoms with Gasteiger partial charge in [0.2, 0.25) is 10.0 Å². The molecule has 3 unspecified atom stereocenters. The van der Waals surface area contributed by atoms with E-state index >= 15 is 0 Å². The van der Waals surface area contributed by atoms with E-state index in [2.05, 4.69) is 50.6 Å². The molecule has 1 fully saturated rings. The van der Waals surface area contributed by atoms with Crippen LogP contribution in [0.5, 0.6) is 17.2 Å². The van der Waals surface area contributed by atoms with Crippen molar-refractivity contribution < 1.29 is 27.9 Å². The van der Waals surface area contributed by atoms with E-state index in [0.717, 1.165) is 19.3 Å². The van der Waals surface area contributed by atoms with Crippen molar-refractivity contribution in [2.45, 2.75) is 71.1 Å². The van der Waals surface area contributed by atoms with E-state index < -0.39 is 21.6 Å². The first-order valence-corrected chi connectivity index (χ1v) is 19.6. The molecule has 0 bridgehead atoms. The molecule has 4 aromatic carbocycles. The van der Waals surface area contributed by atoms with Gasteiger partial charge in [0.05, 0.1) is 28.1 Å². The summed E-state index contributed by atoms with van der Waals surface area (Å²) in [6.45, 7) is 9.78. The van der Waals surface area contributed by atoms with Gasteiger partial charge in [-0.2, -0.15) is 0 Å². The molecule has 3 aliphatic rings. The van der Waals surface area contributed by atoms with Gasteiger partial charge in [0.1, 0.15) is 11.5 Å². The molecule has 0 aromatic heterocycles. The second kappa shape index (κ2) is 13.7. The van der Waals surface area contributed by atoms with Crippen molar-refractivity contribution in [1.29, 1.82) is 0 Å². The quantitative estimate of drug-likeness (QED) is 0.118. The van der Waals surface area contributed by atoms with Gasteiger partial charge in [0, 0.05) is 23.7 Å². The highest BCUT2D eigenvalue weighted by Crippen LogP contribution is 2.57. The lowest BCUT2D eigenvalue weighted by molar-refractivity contribution is 0.0299. The summed E-state index contributed by atoms with van der Waals surface area (Å²) in [5, 5.41) is 10.7. The number of aromatic hydroxyl groups is 1. The number of para-hydroxylation sites is 1. The van der Waals surface area contributed by atoms with Crippen molar-refractivity contribution in [1.82, 2.24) is 4.72 Å². The van der Waals surface area contributed by atoms with Crippen LogP contribution >= 0.6 is 11.6 Å². The number of ether oxygens (including phenoxy) is 1. The van der Waals surface area contributed by atoms with E-state index in [1.165, 1.54) is 41.9 Å². The lowest BCUT2D eigenvalue weighted by atomic mass is 9.50. The van der Waals surface area contributed by atoms with Crippen LogP contribution in [0.1, 0.15) is 108 Å². The fraction of sp³-hybridized carbons (Fsp3) is 0.366. The highest BCUT2D eigenvalue weighted by atomic mass is 35.5. The maximum absolute atomic E-state index is 12.9. The average Bonchev–Trinajstić information content (AvgIpc) is 3.08. The Bertz CT molecular complexity index is 2150. The Kier molecular flexibility index (Phi) is 9.87. The van der Waals surface area contributed by atoms with E-state index in [1.807, 2.05) is 0 Å². The number of hydrogen-bond donors (Lipinski definition) is 3. The number of anilines is 1. The molecule has 0 aliphatic heterocycles. The standard InChI is InChI=1S/C21H33NO2S.C20H12ClNO4/c1-15(2)16-7-9-18-17(13-16)8-10-19-20(3,14-22-25(5,23)24)11-6-12-21(18,19)4;21-12-7-3-4-8-14(12)26-15-9-13(23)16-17(18(15)22)20(25)11-6-2-1-5-10(11)19(16)24/h7,9,13,15,19,22H,6,8,10-12,14H2,1-5H3;1-9,23H,22H2. The number of halogens is 1. The number of hydrogen-bond acceptors (Lipinski definition) is 7. The Hall–Kier alpha value is -4.18. The van der Waals surface area contributed by atoms with Gasteiger partial charge < -0.3 is 15.6 Å². The number of nitrogens with one attached hydrogen (secondary N) is 1. The summed E-state index contributed by atoms with van der Waals surface area (Å²) in [5.74, 6) is 0.192. The van der Waals surface area contributed by atoms with Crippen molar-refractivity contribution in [2.24, 2.45) is 11.3 Å². The molecular formula is C41H45ClN2O6S. The number of phenolic OH excluding ortho intramolecular Hbond substituents is 1. The predicted octanol–water partition coefficient (Wildman–Crippen LogP) is 8.57. The van der Waals surface area contributed by atoms with Crippen LogP contribution in [0.3, 0.4) is 0 Å². The van der Waals surface area contributed by atoms with Crippen molar-refractivity contribution >= 4 is 38.9 Å². The number of ketones is 2. The topological polar surface area (TPSA) is 136 Å². The van der Waals surface area contributed by atoms with Gasteiger partial charge in [-0.15, -0.1) is 0 Å². The molecule has 0 amide bonds. The molecule has 10 heteroatoms. The maximum atomic E-state index is 12.9. The van der Waals surface area contributed by atoms with Crippen LogP contribution in [0.2, 0.25) is 5.02 Å². The number of phenols is 1. The SMILES string of the molecule is CC(C)c1ccc2c(c1)CCC1C(C)(CNS(C)(=O)=O)CCCC21C.Nc1c(Oc2ccccc2Cl)cc(O)c2c1C(=O)c1ccccc1C2=O. The average molecular weight is 729 g/mol. The maximum Gasteiger partial charge on any atom is 0.208 e. The van der Waals surface area contributed by atoms with Crippen molar-refractivity contribution in [3.63, 3.8) is 0 Å². The third-order valence-corrected chi connectivity index (χ3v) is 12.1. The van der Waals surface area contributed by atoms with Gasteiger partial charge >= 0.3 is 0 Å². The molecule has 3 aliphatic carbocycles. The van der Waals surface area contributed by atoms with Crippen LogP contribution in [0.15, 0.2) is 72.8 Å². The van der Waals surface area contributed by atoms with Gasteiger partial charge in [0.25, 0.3) is 0 Å². The highest BCUT2D eigenvalue weighted by Gasteiger charge is 2.51. The smallest absolute Gasteiger partial charge is 0.208 e. The Balaban J connectivity index is 0.000000176. The van der Waals surface area contributed by atoms with Crippen LogP contribution in [-0.4, -0.2) is 37.9 Å². The fourth-order valence-electron chi connectivity index (χ4n) is 8.52. The number of fused-ring (bicyclic) bond motifs is 5. The molecule has 0 radical (unpaired) electrons. The normalized spacial score (nSPS) is 22.2. The summed E-state index contributed by atoms with van der Waals surface area (Å²) in [6.07, 6.45) is 7.02. The lowest BCUT2D eigenvalue weighted by Gasteiger charge is -2.55. The van der Waals surface area contributed by atoms with Gasteiger partial charge in [-0.3, -0.25) is 9.59 Å². The Labute approximate surface area is 305 Å². The highest BCUT2D eigenvalue weighted by molar-refractivity contribution is 7.88. The second-order valence-electron chi connectivity index (χ2n) is 15.0. The van der Waals surface area contributed by atoms with Gasteiger partial charge in [-0.05, 0) is 77.2 Å². The number of benzene rings is 4. The minimum absolute atomic E-state index is 0.0226. The van der Waals surface area contributed by atoms with Gasteiger partial charge in [0.15, 0.2) is 17.3 Å². The number of carbonyl (C=O) groups excluding carboxylic acids is 2. The van der Waals surface area contributed by atoms with Gasteiger partial charge in [-0.1, -0.05) is 100 Å². The number of nitrogen functional groups attached to an aromatic ring is 1. The molecule has 4 N–H and O–H groups in total. The van der Waals surface area contributed by atoms with Crippen LogP contribution in [0, 0.1) is 11.3 Å². The first-order valence-electron chi connectivity index (χ1n) is 17.4. The molecular weight excluding hydrogens is 684 g/mol. The molecule has 8 nitrogen and oxygen atoms in total. The minimum atomic E-state index is -3.14. The molecule has 1 saturated carbocycles. The fourth-order valence-corrected chi connectivity index (χ4v) is 9.28. The third kappa shape index (κ3) is 6.91. The monoisotopic (exact) mass is 728 g/mol. The number of nitrogens with two attached hydrogens (primary N) is 1. The van der Waals surface area contributed by atoms with Crippen molar-refractivity contribution in [3.8, 4) is 17.2 Å². The zero-order valence-corrected chi connectivity index (χ0v) is 31.2. The minimum Gasteiger partial charge on any atom is -0.507 e. The zero-order chi connectivity index (χ0) is 36.9. The molecule has 268 valence electrons. The molecule has 4 aromatic rings. The summed E-state index contributed by atoms with van der Waals surface area (Å²) < 4.78 is 31.8. The van der Waals surface area contributed by atoms with Crippen LogP contribution in [0.4, 0.5) is 5.69 Å². The number of aryl methyl sites for hydroxylation is 1. The Morgan fingerprint density at radius 3 is 2.24 bits per heavy atom. The third-order valence-electron chi connectivity index (χ3n) is 11.1. The van der Waals surface area contributed by atoms with Crippen LogP contribution in [-0.2, 0) is 21.9 Å². The van der Waals surface area contributed by atoms with Gasteiger partial charge in [-0.25, -0.2) is 13.1 Å². The lowest BCUT2D eigenvalue weighted by Crippen LogP contribution is -2.53. The molecule has 0 heterocycles. The van der Waals surface area contributed by atoms with E-state index in [0.29, 0.717) is 29.2 Å². The first-order chi connectivity index (χ1) is 24.0. The van der Waals surface area contributed by atoms with Crippen LogP contribution in [0.25, 0.3) is 0 Å². The molecule has 0 saturated heterocycles. The first kappa shape index (κ1) is 36.6. The summed E-state index contributed by atoms with van der Waals surface area (Å²) in [6, 6.07) is 21.4. The summed E-state index contributed by atoms with van der Waals surface area (Å²) in [7, 11) is -3.14. The van der Waals surface area contributed by atoms with Crippen molar-refractivity contribution in [3.05, 3.63) is 117 Å². The largest absolute Gasteiger partial charge is 0.507 e. The van der Waals surface area contributed by atoms with Crippen molar-refractivity contribution in [2.75, 3.05) is 18.5 Å². The molecule has 51 heavy (non-hydrogen) atoms. The summed E-state index contributed by atoms with van der Waals surface area (Å²) in [4.78, 5) is 25.6. The number of rotatable bonds is 6. The summed E-state index contributed by atoms with van der Waals surface area (Å²) >= 11 is 6.08. The summed E-state index contributed by atoms with van der Waals surface area (Å²) in [5.41, 5.74) is 11.1. The van der Waals surface area contributed by atoms with Crippen LogP contribution < -0.4 is 15.2 Å². The second-order valence-corrected chi connectivity index (χ2v) is 17.2. The van der Waals surface area contributed by atoms with E-state index in [-0.39, 0.29) is 50.3 Å². The zero-order valence-electron chi connectivity index (χ0n) is 29.7. The van der Waals surface area contributed by atoms with E-state index in [9.17, 15) is 23.1 Å².